The number of ether oxygens (including phenoxy) is 1. The summed E-state index contributed by atoms with van der Waals surface area (Å²) in [5, 5.41) is 16.1. The van der Waals surface area contributed by atoms with Crippen LogP contribution in [0.4, 0.5) is 38.1 Å². The Morgan fingerprint density at radius 1 is 1.14 bits per heavy atom. The van der Waals surface area contributed by atoms with Crippen molar-refractivity contribution >= 4 is 34.9 Å². The molecule has 1 saturated heterocycles. The summed E-state index contributed by atoms with van der Waals surface area (Å²) in [7, 11) is 0. The lowest BCUT2D eigenvalue weighted by Crippen LogP contribution is -2.48. The van der Waals surface area contributed by atoms with E-state index in [-0.39, 0.29) is 38.5 Å². The highest BCUT2D eigenvalue weighted by atomic mass is 35.5. The zero-order valence-corrected chi connectivity index (χ0v) is 22.7. The molecule has 0 spiro atoms. The molecule has 0 bridgehead atoms. The molecule has 6 rings (SSSR count). The van der Waals surface area contributed by atoms with Gasteiger partial charge in [0.15, 0.2) is 0 Å². The molecule has 0 radical (unpaired) electrons. The second kappa shape index (κ2) is 9.65. The third-order valence-corrected chi connectivity index (χ3v) is 8.23. The Bertz CT molecular complexity index is 1640. The number of rotatable bonds is 4. The minimum absolute atomic E-state index is 0.0751. The number of hydrogen-bond acceptors (Lipinski definition) is 4. The molecule has 0 aromatic heterocycles. The fourth-order valence-electron chi connectivity index (χ4n) is 5.79. The molecule has 3 aliphatic heterocycles. The van der Waals surface area contributed by atoms with Gasteiger partial charge in [-0.05, 0) is 60.5 Å². The van der Waals surface area contributed by atoms with Gasteiger partial charge in [0.1, 0.15) is 11.6 Å². The number of alkyl halides is 3. The zero-order chi connectivity index (χ0) is 30.2. The lowest BCUT2D eigenvalue weighted by Gasteiger charge is -2.38. The summed E-state index contributed by atoms with van der Waals surface area (Å²) in [6.45, 7) is 1.69. The van der Waals surface area contributed by atoms with Crippen molar-refractivity contribution in [2.45, 2.75) is 31.2 Å². The summed E-state index contributed by atoms with van der Waals surface area (Å²) < 4.78 is 75.4. The van der Waals surface area contributed by atoms with Crippen LogP contribution < -0.4 is 15.5 Å². The molecule has 3 aliphatic rings. The summed E-state index contributed by atoms with van der Waals surface area (Å²) >= 11 is 6.35. The quantitative estimate of drug-likeness (QED) is 0.326. The van der Waals surface area contributed by atoms with Gasteiger partial charge in [-0.15, -0.1) is 0 Å². The third-order valence-electron chi connectivity index (χ3n) is 7.89. The van der Waals surface area contributed by atoms with Crippen LogP contribution in [0.15, 0.2) is 48.5 Å². The Kier molecular flexibility index (Phi) is 6.52. The number of urea groups is 1. The van der Waals surface area contributed by atoms with Crippen molar-refractivity contribution in [3.8, 4) is 0 Å². The Morgan fingerprint density at radius 3 is 2.50 bits per heavy atom. The van der Waals surface area contributed by atoms with Crippen molar-refractivity contribution in [1.29, 1.82) is 0 Å². The van der Waals surface area contributed by atoms with E-state index in [1.54, 1.807) is 12.1 Å². The number of carbonyl (C=O) groups is 2. The molecule has 3 aromatic rings. The van der Waals surface area contributed by atoms with Crippen molar-refractivity contribution in [3.63, 3.8) is 0 Å². The molecule has 3 aromatic carbocycles. The van der Waals surface area contributed by atoms with Gasteiger partial charge in [0.25, 0.3) is 5.91 Å². The van der Waals surface area contributed by atoms with Crippen LogP contribution in [0.25, 0.3) is 0 Å². The summed E-state index contributed by atoms with van der Waals surface area (Å²) in [6, 6.07) is 7.19. The maximum atomic E-state index is 14.2. The number of halogens is 6. The molecule has 3 amide bonds. The minimum atomic E-state index is -5.22. The highest BCUT2D eigenvalue weighted by Crippen LogP contribution is 2.49. The van der Waals surface area contributed by atoms with E-state index in [1.807, 2.05) is 6.92 Å². The van der Waals surface area contributed by atoms with Crippen LogP contribution in [0, 0.1) is 17.0 Å². The molecule has 0 aliphatic carbocycles. The van der Waals surface area contributed by atoms with E-state index >= 15 is 0 Å². The van der Waals surface area contributed by atoms with E-state index in [0.29, 0.717) is 36.2 Å². The Balaban J connectivity index is 1.44. The first-order valence-corrected chi connectivity index (χ1v) is 13.2. The first-order valence-electron chi connectivity index (χ1n) is 12.9. The maximum absolute atomic E-state index is 14.2. The predicted octanol–water partition coefficient (Wildman–Crippen LogP) is 5.83. The predicted molar refractivity (Wildman–Crippen MR) is 143 cm³/mol. The standard InChI is InChI=1S/C29H23ClF5N3O4/c1-27(12-42-13-27)10-14-6-18-23(24(37-25(18)39)17-8-15(31)2-4-20(17)30)21(7-14)36-26(40)38-11-28(41,29(33,34)35)19-9-16(32)3-5-22(19)38/h2-9,24,41H,10-13H2,1H3,(H,36,40)(H,37,39)/t24-,28+/m1/s1. The number of nitrogens with zero attached hydrogens (tertiary/aromatic N) is 1. The van der Waals surface area contributed by atoms with Crippen molar-refractivity contribution in [1.82, 2.24) is 5.32 Å². The summed E-state index contributed by atoms with van der Waals surface area (Å²) in [4.78, 5) is 27.4. The third kappa shape index (κ3) is 4.58. The molecule has 42 heavy (non-hydrogen) atoms. The van der Waals surface area contributed by atoms with E-state index in [4.69, 9.17) is 16.3 Å². The normalized spacial score (nSPS) is 22.3. The largest absolute Gasteiger partial charge is 0.423 e. The van der Waals surface area contributed by atoms with Crippen LogP contribution in [-0.4, -0.2) is 43.0 Å². The number of nitrogens with one attached hydrogen (secondary N) is 2. The number of amides is 3. The SMILES string of the molecule is CC1(Cc2cc(NC(=O)N3C[C@@](O)(C(F)(F)F)c4cc(F)ccc43)c3c(c2)C(=O)N[C@@H]3c2cc(F)ccc2Cl)COC1. The number of anilines is 2. The van der Waals surface area contributed by atoms with Crippen LogP contribution in [0.2, 0.25) is 5.02 Å². The van der Waals surface area contributed by atoms with Gasteiger partial charge < -0.3 is 20.5 Å². The molecule has 220 valence electrons. The van der Waals surface area contributed by atoms with E-state index < -0.39 is 53.5 Å². The number of benzene rings is 3. The van der Waals surface area contributed by atoms with Gasteiger partial charge in [-0.1, -0.05) is 18.5 Å². The molecule has 0 unspecified atom stereocenters. The number of carbonyl (C=O) groups excluding carboxylic acids is 2. The van der Waals surface area contributed by atoms with Crippen molar-refractivity contribution in [3.05, 3.63) is 93.0 Å². The first-order chi connectivity index (χ1) is 19.7. The van der Waals surface area contributed by atoms with Gasteiger partial charge in [-0.2, -0.15) is 13.2 Å². The first kappa shape index (κ1) is 28.4. The van der Waals surface area contributed by atoms with Crippen LogP contribution in [0.1, 0.15) is 45.6 Å². The topological polar surface area (TPSA) is 90.9 Å². The van der Waals surface area contributed by atoms with Gasteiger partial charge in [0.05, 0.1) is 31.5 Å². The van der Waals surface area contributed by atoms with Crippen LogP contribution >= 0.6 is 11.6 Å². The smallest absolute Gasteiger partial charge is 0.380 e. The number of aliphatic hydroxyl groups is 1. The highest BCUT2D eigenvalue weighted by molar-refractivity contribution is 6.31. The van der Waals surface area contributed by atoms with Crippen LogP contribution in [-0.2, 0) is 16.8 Å². The zero-order valence-electron chi connectivity index (χ0n) is 21.9. The molecular formula is C29H23ClF5N3O4. The Hall–Kier alpha value is -3.74. The molecular weight excluding hydrogens is 585 g/mol. The van der Waals surface area contributed by atoms with E-state index in [2.05, 4.69) is 10.6 Å². The minimum Gasteiger partial charge on any atom is -0.380 e. The molecule has 7 nitrogen and oxygen atoms in total. The summed E-state index contributed by atoms with van der Waals surface area (Å²) in [5.74, 6) is -2.15. The van der Waals surface area contributed by atoms with Crippen LogP contribution in [0.5, 0.6) is 0 Å². The fourth-order valence-corrected chi connectivity index (χ4v) is 6.02. The van der Waals surface area contributed by atoms with Gasteiger partial charge in [0.2, 0.25) is 5.60 Å². The number of hydrogen-bond donors (Lipinski definition) is 3. The Morgan fingerprint density at radius 2 is 1.83 bits per heavy atom. The molecule has 3 heterocycles. The average Bonchev–Trinajstić information content (AvgIpc) is 3.39. The van der Waals surface area contributed by atoms with E-state index in [1.165, 1.54) is 6.07 Å². The van der Waals surface area contributed by atoms with Crippen molar-refractivity contribution in [2.75, 3.05) is 30.0 Å². The molecule has 13 heteroatoms. The molecule has 0 saturated carbocycles. The number of β-amino-alcohol motifs (C(OH)–C–C–N with tert-alkyl or cyclic N) is 1. The lowest BCUT2D eigenvalue weighted by atomic mass is 9.81. The Labute approximate surface area is 241 Å². The lowest BCUT2D eigenvalue weighted by molar-refractivity contribution is -0.258. The second-order valence-electron chi connectivity index (χ2n) is 11.2. The average molecular weight is 608 g/mol. The monoisotopic (exact) mass is 607 g/mol. The van der Waals surface area contributed by atoms with E-state index in [0.717, 1.165) is 24.3 Å². The van der Waals surface area contributed by atoms with Gasteiger partial charge in [-0.25, -0.2) is 13.6 Å². The fraction of sp³-hybridized carbons (Fsp3) is 0.310. The van der Waals surface area contributed by atoms with Crippen molar-refractivity contribution < 1.29 is 41.4 Å². The summed E-state index contributed by atoms with van der Waals surface area (Å²) in [6.07, 6.45) is -4.76. The summed E-state index contributed by atoms with van der Waals surface area (Å²) in [5.41, 5.74) is -3.55. The van der Waals surface area contributed by atoms with Gasteiger partial charge >= 0.3 is 12.2 Å². The molecule has 1 fully saturated rings. The van der Waals surface area contributed by atoms with Crippen molar-refractivity contribution in [2.24, 2.45) is 5.41 Å². The molecule has 2 atom stereocenters. The molecule has 3 N–H and O–H groups in total. The van der Waals surface area contributed by atoms with Gasteiger partial charge in [-0.3, -0.25) is 9.69 Å². The highest BCUT2D eigenvalue weighted by Gasteiger charge is 2.61. The van der Waals surface area contributed by atoms with Crippen LogP contribution in [0.3, 0.4) is 0 Å². The van der Waals surface area contributed by atoms with E-state index in [9.17, 15) is 36.6 Å². The number of fused-ring (bicyclic) bond motifs is 2. The van der Waals surface area contributed by atoms with Gasteiger partial charge in [0, 0.05) is 38.4 Å². The second-order valence-corrected chi connectivity index (χ2v) is 11.6. The maximum Gasteiger partial charge on any atom is 0.423 e.